The van der Waals surface area contributed by atoms with E-state index in [-0.39, 0.29) is 6.04 Å². The lowest BCUT2D eigenvalue weighted by Gasteiger charge is -2.11. The molecule has 2 heterocycles. The molecule has 0 spiro atoms. The predicted molar refractivity (Wildman–Crippen MR) is 85.3 cm³/mol. The fourth-order valence-corrected chi connectivity index (χ4v) is 3.15. The van der Waals surface area contributed by atoms with Crippen LogP contribution in [0, 0.1) is 0 Å². The van der Waals surface area contributed by atoms with E-state index in [1.165, 1.54) is 0 Å². The van der Waals surface area contributed by atoms with Crippen molar-refractivity contribution in [3.05, 3.63) is 64.3 Å². The van der Waals surface area contributed by atoms with Crippen molar-refractivity contribution in [2.24, 2.45) is 0 Å². The van der Waals surface area contributed by atoms with Crippen LogP contribution in [0.4, 0.5) is 0 Å². The van der Waals surface area contributed by atoms with Crippen LogP contribution >= 0.6 is 22.9 Å². The summed E-state index contributed by atoms with van der Waals surface area (Å²) in [6.45, 7) is 2.91. The number of quaternary nitrogens is 1. The van der Waals surface area contributed by atoms with Gasteiger partial charge in [0.2, 0.25) is 5.89 Å². The maximum Gasteiger partial charge on any atom is 0.236 e. The number of thiophene rings is 1. The van der Waals surface area contributed by atoms with Crippen molar-refractivity contribution in [2.45, 2.75) is 19.5 Å². The molecule has 108 valence electrons. The summed E-state index contributed by atoms with van der Waals surface area (Å²) in [5, 5.41) is 5.03. The smallest absolute Gasteiger partial charge is 0.236 e. The van der Waals surface area contributed by atoms with Gasteiger partial charge in [0.15, 0.2) is 0 Å². The summed E-state index contributed by atoms with van der Waals surface area (Å²) >= 11 is 7.85. The Kier molecular flexibility index (Phi) is 4.39. The number of nitrogens with two attached hydrogens (primary N) is 1. The third-order valence-corrected chi connectivity index (χ3v) is 4.56. The molecule has 0 saturated heterocycles. The molecule has 0 radical (unpaired) electrons. The van der Waals surface area contributed by atoms with Crippen LogP contribution < -0.4 is 5.32 Å². The largest absolute Gasteiger partial charge is 0.443 e. The van der Waals surface area contributed by atoms with E-state index in [0.29, 0.717) is 5.89 Å². The molecule has 3 nitrogen and oxygen atoms in total. The van der Waals surface area contributed by atoms with Crippen LogP contribution in [-0.2, 0) is 6.54 Å². The summed E-state index contributed by atoms with van der Waals surface area (Å²) in [6, 6.07) is 12.2. The molecule has 0 amide bonds. The Morgan fingerprint density at radius 1 is 1.29 bits per heavy atom. The highest BCUT2D eigenvalue weighted by atomic mass is 35.5. The van der Waals surface area contributed by atoms with Crippen molar-refractivity contribution in [1.29, 1.82) is 0 Å². The lowest BCUT2D eigenvalue weighted by molar-refractivity contribution is -0.708. The normalized spacial score (nSPS) is 12.5. The van der Waals surface area contributed by atoms with Crippen LogP contribution in [0.3, 0.4) is 0 Å². The molecule has 1 atom stereocenters. The van der Waals surface area contributed by atoms with Gasteiger partial charge in [-0.15, -0.1) is 11.3 Å². The fraction of sp³-hybridized carbons (Fsp3) is 0.188. The van der Waals surface area contributed by atoms with Crippen LogP contribution in [0.2, 0.25) is 5.02 Å². The van der Waals surface area contributed by atoms with Gasteiger partial charge in [0.05, 0.1) is 4.88 Å². The highest BCUT2D eigenvalue weighted by Crippen LogP contribution is 2.23. The zero-order valence-corrected chi connectivity index (χ0v) is 13.2. The molecule has 1 aromatic carbocycles. The highest BCUT2D eigenvalue weighted by Gasteiger charge is 2.14. The molecule has 0 aliphatic rings. The summed E-state index contributed by atoms with van der Waals surface area (Å²) < 4.78 is 5.52. The molecule has 0 aliphatic heterocycles. The lowest BCUT2D eigenvalue weighted by atomic mass is 10.1. The minimum absolute atomic E-state index is 0.278. The van der Waals surface area contributed by atoms with Gasteiger partial charge in [-0.05, 0) is 24.4 Å². The standard InChI is InChI=1S/C16H15ClN2OS/c1-11(13-5-2-3-6-14(13)17)18-9-12-10-20-16(19-12)15-7-4-8-21-15/h2-8,10-11,18H,9H2,1H3/p+1/t11-/m1/s1. The number of halogens is 1. The predicted octanol–water partition coefficient (Wildman–Crippen LogP) is 3.88. The molecule has 2 N–H and O–H groups in total. The number of hydrogen-bond donors (Lipinski definition) is 1. The minimum atomic E-state index is 0.278. The Morgan fingerprint density at radius 2 is 2.14 bits per heavy atom. The molecule has 0 aliphatic carbocycles. The minimum Gasteiger partial charge on any atom is -0.443 e. The zero-order valence-electron chi connectivity index (χ0n) is 11.6. The number of nitrogens with zero attached hydrogens (tertiary/aromatic N) is 1. The topological polar surface area (TPSA) is 42.6 Å². The third kappa shape index (κ3) is 3.35. The number of rotatable bonds is 5. The first-order valence-corrected chi connectivity index (χ1v) is 8.06. The van der Waals surface area contributed by atoms with Crippen molar-refractivity contribution >= 4 is 22.9 Å². The van der Waals surface area contributed by atoms with E-state index in [2.05, 4.69) is 23.3 Å². The first-order chi connectivity index (χ1) is 10.2. The van der Waals surface area contributed by atoms with Crippen molar-refractivity contribution in [1.82, 2.24) is 4.98 Å². The van der Waals surface area contributed by atoms with E-state index in [4.69, 9.17) is 16.0 Å². The van der Waals surface area contributed by atoms with Gasteiger partial charge in [0.1, 0.15) is 24.5 Å². The lowest BCUT2D eigenvalue weighted by Crippen LogP contribution is -2.83. The molecule has 0 bridgehead atoms. The first-order valence-electron chi connectivity index (χ1n) is 6.80. The van der Waals surface area contributed by atoms with Crippen molar-refractivity contribution in [3.63, 3.8) is 0 Å². The van der Waals surface area contributed by atoms with Crippen LogP contribution in [-0.4, -0.2) is 4.98 Å². The second-order valence-electron chi connectivity index (χ2n) is 4.87. The number of oxazole rings is 1. The van der Waals surface area contributed by atoms with Crippen LogP contribution in [0.15, 0.2) is 52.5 Å². The number of hydrogen-bond acceptors (Lipinski definition) is 3. The summed E-state index contributed by atoms with van der Waals surface area (Å²) in [5.41, 5.74) is 2.08. The third-order valence-electron chi connectivity index (χ3n) is 3.36. The van der Waals surface area contributed by atoms with Gasteiger partial charge >= 0.3 is 0 Å². The maximum atomic E-state index is 6.22. The van der Waals surface area contributed by atoms with Crippen LogP contribution in [0.1, 0.15) is 24.2 Å². The van der Waals surface area contributed by atoms with Gasteiger partial charge < -0.3 is 9.73 Å². The second kappa shape index (κ2) is 6.43. The zero-order chi connectivity index (χ0) is 14.7. The Balaban J connectivity index is 1.64. The highest BCUT2D eigenvalue weighted by molar-refractivity contribution is 7.13. The van der Waals surface area contributed by atoms with E-state index < -0.39 is 0 Å². The quantitative estimate of drug-likeness (QED) is 0.775. The Morgan fingerprint density at radius 3 is 2.90 bits per heavy atom. The van der Waals surface area contributed by atoms with Crippen LogP contribution in [0.5, 0.6) is 0 Å². The van der Waals surface area contributed by atoms with Gasteiger partial charge in [0, 0.05) is 10.6 Å². The molecule has 5 heteroatoms. The van der Waals surface area contributed by atoms with Gasteiger partial charge in [-0.1, -0.05) is 35.9 Å². The fourth-order valence-electron chi connectivity index (χ4n) is 2.18. The van der Waals surface area contributed by atoms with Gasteiger partial charge in [-0.2, -0.15) is 0 Å². The maximum absolute atomic E-state index is 6.22. The molecule has 2 aromatic heterocycles. The average Bonchev–Trinajstić information content (AvgIpc) is 3.16. The average molecular weight is 320 g/mol. The van der Waals surface area contributed by atoms with Gasteiger partial charge in [-0.25, -0.2) is 4.98 Å². The van der Waals surface area contributed by atoms with E-state index in [1.54, 1.807) is 17.6 Å². The Labute approximate surface area is 132 Å². The van der Waals surface area contributed by atoms with E-state index in [9.17, 15) is 0 Å². The van der Waals surface area contributed by atoms with Crippen molar-refractivity contribution in [3.8, 4) is 10.8 Å². The van der Waals surface area contributed by atoms with E-state index in [0.717, 1.165) is 27.7 Å². The Bertz CT molecular complexity index is 709. The summed E-state index contributed by atoms with van der Waals surface area (Å²) in [4.78, 5) is 5.58. The Hall–Kier alpha value is -1.62. The molecule has 0 saturated carbocycles. The molecule has 21 heavy (non-hydrogen) atoms. The molecule has 0 fully saturated rings. The summed E-state index contributed by atoms with van der Waals surface area (Å²) in [7, 11) is 0. The first kappa shape index (κ1) is 14.3. The molecule has 3 rings (SSSR count). The van der Waals surface area contributed by atoms with E-state index in [1.807, 2.05) is 35.7 Å². The molecular formula is C16H16ClN2OS+. The van der Waals surface area contributed by atoms with Gasteiger partial charge in [-0.3, -0.25) is 0 Å². The molecular weight excluding hydrogens is 304 g/mol. The van der Waals surface area contributed by atoms with E-state index >= 15 is 0 Å². The summed E-state index contributed by atoms with van der Waals surface area (Å²) in [6.07, 6.45) is 1.73. The summed E-state index contributed by atoms with van der Waals surface area (Å²) in [5.74, 6) is 0.693. The SMILES string of the molecule is C[C@@H]([NH2+]Cc1coc(-c2cccs2)n1)c1ccccc1Cl. The molecule has 3 aromatic rings. The second-order valence-corrected chi connectivity index (χ2v) is 6.23. The van der Waals surface area contributed by atoms with Gasteiger partial charge in [0.25, 0.3) is 0 Å². The number of aromatic nitrogens is 1. The monoisotopic (exact) mass is 319 g/mol. The van der Waals surface area contributed by atoms with Crippen LogP contribution in [0.25, 0.3) is 10.8 Å². The van der Waals surface area contributed by atoms with Crippen molar-refractivity contribution < 1.29 is 9.73 Å². The molecule has 0 unspecified atom stereocenters. The van der Waals surface area contributed by atoms with Crippen molar-refractivity contribution in [2.75, 3.05) is 0 Å². The number of benzene rings is 1.